The first kappa shape index (κ1) is 16.1. The van der Waals surface area contributed by atoms with Crippen LogP contribution in [-0.2, 0) is 6.54 Å². The molecule has 102 valence electrons. The van der Waals surface area contributed by atoms with Crippen molar-refractivity contribution in [3.8, 4) is 0 Å². The molecule has 0 radical (unpaired) electrons. The summed E-state index contributed by atoms with van der Waals surface area (Å²) in [5, 5.41) is 8.46. The van der Waals surface area contributed by atoms with E-state index in [1.54, 1.807) is 0 Å². The third-order valence-electron chi connectivity index (χ3n) is 3.13. The molecule has 1 aromatic rings. The van der Waals surface area contributed by atoms with Crippen molar-refractivity contribution in [3.63, 3.8) is 0 Å². The lowest BCUT2D eigenvalue weighted by atomic mass is 10.1. The summed E-state index contributed by atoms with van der Waals surface area (Å²) in [5.74, 6) is 0. The zero-order chi connectivity index (χ0) is 12.1. The molecule has 0 spiro atoms. The summed E-state index contributed by atoms with van der Waals surface area (Å²) in [6.07, 6.45) is 3.89. The van der Waals surface area contributed by atoms with Gasteiger partial charge in [-0.1, -0.05) is 29.6 Å². The Morgan fingerprint density at radius 2 is 2.11 bits per heavy atom. The number of halogens is 3. The molecular formula is C13H19Cl3N2. The van der Waals surface area contributed by atoms with Gasteiger partial charge in [0.15, 0.2) is 0 Å². The van der Waals surface area contributed by atoms with Crippen LogP contribution in [0, 0.1) is 0 Å². The Bertz CT molecular complexity index is 365. The lowest BCUT2D eigenvalue weighted by Crippen LogP contribution is -2.41. The van der Waals surface area contributed by atoms with Gasteiger partial charge in [-0.3, -0.25) is 0 Å². The van der Waals surface area contributed by atoms with Crippen molar-refractivity contribution in [3.05, 3.63) is 33.8 Å². The van der Waals surface area contributed by atoms with Crippen molar-refractivity contribution in [2.75, 3.05) is 13.1 Å². The molecule has 18 heavy (non-hydrogen) atoms. The third-order valence-corrected chi connectivity index (χ3v) is 3.73. The first-order chi connectivity index (χ1) is 8.25. The summed E-state index contributed by atoms with van der Waals surface area (Å²) < 4.78 is 0. The van der Waals surface area contributed by atoms with Gasteiger partial charge in [0.05, 0.1) is 0 Å². The molecular weight excluding hydrogens is 291 g/mol. The van der Waals surface area contributed by atoms with E-state index >= 15 is 0 Å². The predicted octanol–water partition coefficient (Wildman–Crippen LogP) is 3.65. The molecule has 1 aliphatic rings. The molecule has 1 heterocycles. The SMILES string of the molecule is Cl.Clc1ccc(Cl)c(CNCC2CCCCN2)c1. The van der Waals surface area contributed by atoms with Crippen LogP contribution in [0.15, 0.2) is 18.2 Å². The lowest BCUT2D eigenvalue weighted by Gasteiger charge is -2.23. The molecule has 2 rings (SSSR count). The van der Waals surface area contributed by atoms with E-state index in [2.05, 4.69) is 10.6 Å². The standard InChI is InChI=1S/C13H18Cl2N2.ClH/c14-11-4-5-13(15)10(7-11)8-16-9-12-3-1-2-6-17-12;/h4-5,7,12,16-17H,1-3,6,8-9H2;1H. The van der Waals surface area contributed by atoms with E-state index in [9.17, 15) is 0 Å². The molecule has 0 aliphatic carbocycles. The topological polar surface area (TPSA) is 24.1 Å². The Kier molecular flexibility index (Phi) is 7.35. The fourth-order valence-corrected chi connectivity index (χ4v) is 2.54. The number of nitrogens with one attached hydrogen (secondary N) is 2. The van der Waals surface area contributed by atoms with Crippen LogP contribution in [0.25, 0.3) is 0 Å². The largest absolute Gasteiger partial charge is 0.313 e. The maximum Gasteiger partial charge on any atom is 0.0451 e. The summed E-state index contributed by atoms with van der Waals surface area (Å²) in [6.45, 7) is 2.91. The van der Waals surface area contributed by atoms with Crippen LogP contribution >= 0.6 is 35.6 Å². The van der Waals surface area contributed by atoms with Gasteiger partial charge in [0.25, 0.3) is 0 Å². The first-order valence-electron chi connectivity index (χ1n) is 6.14. The molecule has 1 atom stereocenters. The molecule has 0 bridgehead atoms. The number of rotatable bonds is 4. The molecule has 1 aromatic carbocycles. The smallest absolute Gasteiger partial charge is 0.0451 e. The minimum atomic E-state index is 0. The van der Waals surface area contributed by atoms with Crippen LogP contribution in [0.4, 0.5) is 0 Å². The van der Waals surface area contributed by atoms with E-state index in [4.69, 9.17) is 23.2 Å². The van der Waals surface area contributed by atoms with Crippen LogP contribution in [-0.4, -0.2) is 19.1 Å². The first-order valence-corrected chi connectivity index (χ1v) is 6.89. The molecule has 5 heteroatoms. The van der Waals surface area contributed by atoms with E-state index in [1.165, 1.54) is 19.3 Å². The average Bonchev–Trinajstić information content (AvgIpc) is 2.35. The van der Waals surface area contributed by atoms with Crippen molar-refractivity contribution < 1.29 is 0 Å². The van der Waals surface area contributed by atoms with Gasteiger partial charge in [-0.05, 0) is 43.1 Å². The van der Waals surface area contributed by atoms with Crippen LogP contribution in [0.5, 0.6) is 0 Å². The molecule has 0 aromatic heterocycles. The highest BCUT2D eigenvalue weighted by atomic mass is 35.5. The Morgan fingerprint density at radius 3 is 2.83 bits per heavy atom. The quantitative estimate of drug-likeness (QED) is 0.887. The van der Waals surface area contributed by atoms with Crippen molar-refractivity contribution in [1.82, 2.24) is 10.6 Å². The second-order valence-electron chi connectivity index (χ2n) is 4.51. The van der Waals surface area contributed by atoms with E-state index < -0.39 is 0 Å². The molecule has 1 saturated heterocycles. The minimum Gasteiger partial charge on any atom is -0.313 e. The molecule has 1 aliphatic heterocycles. The Labute approximate surface area is 125 Å². The highest BCUT2D eigenvalue weighted by Crippen LogP contribution is 2.20. The van der Waals surface area contributed by atoms with Gasteiger partial charge in [-0.2, -0.15) is 0 Å². The van der Waals surface area contributed by atoms with Crippen LogP contribution in [0.1, 0.15) is 24.8 Å². The highest BCUT2D eigenvalue weighted by molar-refractivity contribution is 6.33. The molecule has 2 nitrogen and oxygen atoms in total. The zero-order valence-electron chi connectivity index (χ0n) is 10.2. The molecule has 0 amide bonds. The van der Waals surface area contributed by atoms with E-state index in [-0.39, 0.29) is 12.4 Å². The molecule has 0 saturated carbocycles. The minimum absolute atomic E-state index is 0. The number of piperidine rings is 1. The zero-order valence-corrected chi connectivity index (χ0v) is 12.5. The van der Waals surface area contributed by atoms with Crippen molar-refractivity contribution >= 4 is 35.6 Å². The normalized spacial score (nSPS) is 19.3. The van der Waals surface area contributed by atoms with Crippen LogP contribution < -0.4 is 10.6 Å². The maximum atomic E-state index is 6.10. The second-order valence-corrected chi connectivity index (χ2v) is 5.36. The van der Waals surface area contributed by atoms with E-state index in [1.807, 2.05) is 18.2 Å². The van der Waals surface area contributed by atoms with Gasteiger partial charge >= 0.3 is 0 Å². The maximum absolute atomic E-state index is 6.10. The summed E-state index contributed by atoms with van der Waals surface area (Å²) >= 11 is 12.0. The monoisotopic (exact) mass is 308 g/mol. The van der Waals surface area contributed by atoms with Gasteiger partial charge in [-0.15, -0.1) is 12.4 Å². The summed E-state index contributed by atoms with van der Waals surface area (Å²) in [5.41, 5.74) is 1.06. The molecule has 2 N–H and O–H groups in total. The third kappa shape index (κ3) is 4.94. The summed E-state index contributed by atoms with van der Waals surface area (Å²) in [4.78, 5) is 0. The van der Waals surface area contributed by atoms with E-state index in [0.717, 1.165) is 35.2 Å². The number of hydrogen-bond donors (Lipinski definition) is 2. The van der Waals surface area contributed by atoms with Gasteiger partial charge in [0, 0.05) is 29.2 Å². The van der Waals surface area contributed by atoms with Crippen LogP contribution in [0.3, 0.4) is 0 Å². The predicted molar refractivity (Wildman–Crippen MR) is 81.1 cm³/mol. The lowest BCUT2D eigenvalue weighted by molar-refractivity contribution is 0.383. The fourth-order valence-electron chi connectivity index (χ4n) is 2.16. The van der Waals surface area contributed by atoms with Gasteiger partial charge < -0.3 is 10.6 Å². The second kappa shape index (κ2) is 8.23. The van der Waals surface area contributed by atoms with Gasteiger partial charge in [0.2, 0.25) is 0 Å². The van der Waals surface area contributed by atoms with Gasteiger partial charge in [-0.25, -0.2) is 0 Å². The molecule has 1 unspecified atom stereocenters. The highest BCUT2D eigenvalue weighted by Gasteiger charge is 2.11. The average molecular weight is 310 g/mol. The Balaban J connectivity index is 0.00000162. The summed E-state index contributed by atoms with van der Waals surface area (Å²) in [7, 11) is 0. The van der Waals surface area contributed by atoms with Crippen LogP contribution in [0.2, 0.25) is 10.0 Å². The summed E-state index contributed by atoms with van der Waals surface area (Å²) in [6, 6.07) is 6.18. The fraction of sp³-hybridized carbons (Fsp3) is 0.538. The molecule has 1 fully saturated rings. The van der Waals surface area contributed by atoms with E-state index in [0.29, 0.717) is 6.04 Å². The van der Waals surface area contributed by atoms with Crippen molar-refractivity contribution in [2.45, 2.75) is 31.8 Å². The van der Waals surface area contributed by atoms with Gasteiger partial charge in [0.1, 0.15) is 0 Å². The van der Waals surface area contributed by atoms with Crippen molar-refractivity contribution in [1.29, 1.82) is 0 Å². The Hall–Kier alpha value is 0.01000. The Morgan fingerprint density at radius 1 is 1.28 bits per heavy atom. The number of benzene rings is 1. The van der Waals surface area contributed by atoms with Crippen molar-refractivity contribution in [2.24, 2.45) is 0 Å². The number of hydrogen-bond acceptors (Lipinski definition) is 2.